The lowest BCUT2D eigenvalue weighted by Crippen LogP contribution is -2.54. The lowest BCUT2D eigenvalue weighted by atomic mass is 9.85. The van der Waals surface area contributed by atoms with Gasteiger partial charge < -0.3 is 21.5 Å². The number of likely N-dealkylation sites (N-methyl/N-ethyl adjacent to an activating group) is 1. The fraction of sp³-hybridized carbons (Fsp3) is 0.438. The Morgan fingerprint density at radius 3 is 2.62 bits per heavy atom. The van der Waals surface area contributed by atoms with Crippen LogP contribution in [0.1, 0.15) is 30.1 Å². The molecule has 1 aliphatic rings. The van der Waals surface area contributed by atoms with Crippen LogP contribution in [0.15, 0.2) is 24.3 Å². The summed E-state index contributed by atoms with van der Waals surface area (Å²) in [6.07, 6.45) is 1.46. The second kappa shape index (κ2) is 7.78. The topological polar surface area (TPSA) is 125 Å². The van der Waals surface area contributed by atoms with Crippen molar-refractivity contribution in [3.8, 4) is 0 Å². The first-order valence-electron chi connectivity index (χ1n) is 7.82. The van der Waals surface area contributed by atoms with Gasteiger partial charge in [-0.3, -0.25) is 14.5 Å². The number of benzene rings is 1. The zero-order chi connectivity index (χ0) is 17.7. The van der Waals surface area contributed by atoms with Gasteiger partial charge >= 0.3 is 12.0 Å². The number of amides is 3. The number of anilines is 1. The van der Waals surface area contributed by atoms with Crippen LogP contribution in [0.3, 0.4) is 0 Å². The number of primary amides is 1. The number of carbonyl (C=O) groups is 3. The molecule has 2 rings (SSSR count). The summed E-state index contributed by atoms with van der Waals surface area (Å²) in [6.45, 7) is 2.60. The zero-order valence-corrected chi connectivity index (χ0v) is 13.5. The molecule has 5 N–H and O–H groups in total. The second-order valence-electron chi connectivity index (χ2n) is 5.82. The van der Waals surface area contributed by atoms with Gasteiger partial charge in [-0.25, -0.2) is 4.79 Å². The summed E-state index contributed by atoms with van der Waals surface area (Å²) >= 11 is 0. The maximum atomic E-state index is 12.2. The molecule has 1 aromatic carbocycles. The lowest BCUT2D eigenvalue weighted by molar-refractivity contribution is -0.139. The van der Waals surface area contributed by atoms with Crippen molar-refractivity contribution in [3.63, 3.8) is 0 Å². The standard InChI is InChI=1S/C16H22N4O4/c1-2-20(9-14(21)22)13-7-12(8-13)18-15(23)10-4-3-5-11(6-10)19-16(17)24/h3-6,12-13H,2,7-9H2,1H3,(H,18,23)(H,21,22)(H3,17,19,24). The molecule has 0 aromatic heterocycles. The SMILES string of the molecule is CCN(CC(=O)O)C1CC(NC(=O)c2cccc(NC(N)=O)c2)C1. The molecule has 1 saturated carbocycles. The summed E-state index contributed by atoms with van der Waals surface area (Å²) in [6, 6.07) is 6.03. The second-order valence-corrected chi connectivity index (χ2v) is 5.82. The van der Waals surface area contributed by atoms with Crippen molar-refractivity contribution in [2.75, 3.05) is 18.4 Å². The number of hydrogen-bond donors (Lipinski definition) is 4. The molecule has 1 fully saturated rings. The van der Waals surface area contributed by atoms with Crippen LogP contribution in [0.5, 0.6) is 0 Å². The fourth-order valence-corrected chi connectivity index (χ4v) is 2.83. The summed E-state index contributed by atoms with van der Waals surface area (Å²) in [4.78, 5) is 35.8. The molecule has 0 spiro atoms. The summed E-state index contributed by atoms with van der Waals surface area (Å²) in [7, 11) is 0. The third kappa shape index (κ3) is 4.69. The van der Waals surface area contributed by atoms with Gasteiger partial charge in [0.15, 0.2) is 0 Å². The van der Waals surface area contributed by atoms with Crippen molar-refractivity contribution in [1.82, 2.24) is 10.2 Å². The summed E-state index contributed by atoms with van der Waals surface area (Å²) in [5.41, 5.74) is 5.95. The van der Waals surface area contributed by atoms with Crippen LogP contribution in [0, 0.1) is 0 Å². The smallest absolute Gasteiger partial charge is 0.317 e. The molecule has 0 atom stereocenters. The van der Waals surface area contributed by atoms with E-state index in [4.69, 9.17) is 10.8 Å². The van der Waals surface area contributed by atoms with E-state index in [1.807, 2.05) is 11.8 Å². The molecule has 0 saturated heterocycles. The van der Waals surface area contributed by atoms with Gasteiger partial charge in [0.25, 0.3) is 5.91 Å². The average molecular weight is 334 g/mol. The first-order valence-corrected chi connectivity index (χ1v) is 7.82. The van der Waals surface area contributed by atoms with E-state index < -0.39 is 12.0 Å². The van der Waals surface area contributed by atoms with Crippen LogP contribution in [0.2, 0.25) is 0 Å². The van der Waals surface area contributed by atoms with Gasteiger partial charge in [0.05, 0.1) is 6.54 Å². The van der Waals surface area contributed by atoms with Gasteiger partial charge in [-0.15, -0.1) is 0 Å². The Kier molecular flexibility index (Phi) is 5.75. The van der Waals surface area contributed by atoms with Gasteiger partial charge in [0.2, 0.25) is 0 Å². The number of urea groups is 1. The Morgan fingerprint density at radius 1 is 1.33 bits per heavy atom. The quantitative estimate of drug-likeness (QED) is 0.588. The molecular formula is C16H22N4O4. The number of rotatable bonds is 7. The van der Waals surface area contributed by atoms with Crippen molar-refractivity contribution in [3.05, 3.63) is 29.8 Å². The molecule has 0 bridgehead atoms. The lowest BCUT2D eigenvalue weighted by Gasteiger charge is -2.42. The molecular weight excluding hydrogens is 312 g/mol. The van der Waals surface area contributed by atoms with E-state index in [0.717, 1.165) is 12.8 Å². The molecule has 0 heterocycles. The highest BCUT2D eigenvalue weighted by molar-refractivity contribution is 5.96. The summed E-state index contributed by atoms with van der Waals surface area (Å²) < 4.78 is 0. The van der Waals surface area contributed by atoms with Crippen LogP contribution in [-0.2, 0) is 4.79 Å². The predicted octanol–water partition coefficient (Wildman–Crippen LogP) is 0.845. The number of nitrogens with two attached hydrogens (primary N) is 1. The highest BCUT2D eigenvalue weighted by Crippen LogP contribution is 2.26. The molecule has 24 heavy (non-hydrogen) atoms. The molecule has 1 aliphatic carbocycles. The Bertz CT molecular complexity index is 628. The highest BCUT2D eigenvalue weighted by Gasteiger charge is 2.34. The first-order chi connectivity index (χ1) is 11.4. The van der Waals surface area contributed by atoms with Gasteiger partial charge in [-0.1, -0.05) is 13.0 Å². The monoisotopic (exact) mass is 334 g/mol. The van der Waals surface area contributed by atoms with E-state index in [1.165, 1.54) is 0 Å². The number of carboxylic acid groups (broad SMARTS) is 1. The van der Waals surface area contributed by atoms with Crippen molar-refractivity contribution in [1.29, 1.82) is 0 Å². The molecule has 130 valence electrons. The Morgan fingerprint density at radius 2 is 2.04 bits per heavy atom. The van der Waals surface area contributed by atoms with Gasteiger partial charge in [-0.05, 0) is 37.6 Å². The minimum atomic E-state index is -0.844. The maximum absolute atomic E-state index is 12.2. The number of hydrogen-bond acceptors (Lipinski definition) is 4. The van der Waals surface area contributed by atoms with Crippen LogP contribution in [-0.4, -0.2) is 53.1 Å². The minimum absolute atomic E-state index is 0.0165. The van der Waals surface area contributed by atoms with Crippen LogP contribution in [0.25, 0.3) is 0 Å². The van der Waals surface area contributed by atoms with Gasteiger partial charge in [-0.2, -0.15) is 0 Å². The normalized spacial score (nSPS) is 19.4. The highest BCUT2D eigenvalue weighted by atomic mass is 16.4. The fourth-order valence-electron chi connectivity index (χ4n) is 2.83. The van der Waals surface area contributed by atoms with Gasteiger partial charge in [0.1, 0.15) is 0 Å². The molecule has 8 nitrogen and oxygen atoms in total. The number of nitrogens with one attached hydrogen (secondary N) is 2. The Hall–Kier alpha value is -2.61. The van der Waals surface area contributed by atoms with Crippen molar-refractivity contribution in [2.24, 2.45) is 5.73 Å². The van der Waals surface area contributed by atoms with E-state index in [9.17, 15) is 14.4 Å². The van der Waals surface area contributed by atoms with Crippen LogP contribution in [0.4, 0.5) is 10.5 Å². The minimum Gasteiger partial charge on any atom is -0.480 e. The molecule has 8 heteroatoms. The van der Waals surface area contributed by atoms with E-state index in [0.29, 0.717) is 17.8 Å². The van der Waals surface area contributed by atoms with Crippen LogP contribution < -0.4 is 16.4 Å². The Labute approximate surface area is 140 Å². The zero-order valence-electron chi connectivity index (χ0n) is 13.5. The third-order valence-electron chi connectivity index (χ3n) is 4.10. The van der Waals surface area contributed by atoms with Crippen LogP contribution >= 0.6 is 0 Å². The first kappa shape index (κ1) is 17.7. The van der Waals surface area contributed by atoms with Crippen molar-refractivity contribution in [2.45, 2.75) is 31.8 Å². The molecule has 0 radical (unpaired) electrons. The number of aliphatic carboxylic acids is 1. The van der Waals surface area contributed by atoms with Crippen molar-refractivity contribution < 1.29 is 19.5 Å². The molecule has 0 unspecified atom stereocenters. The molecule has 3 amide bonds. The summed E-state index contributed by atoms with van der Waals surface area (Å²) in [5, 5.41) is 14.2. The Balaban J connectivity index is 1.86. The molecule has 0 aliphatic heterocycles. The van der Waals surface area contributed by atoms with E-state index in [-0.39, 0.29) is 24.5 Å². The van der Waals surface area contributed by atoms with Crippen molar-refractivity contribution >= 4 is 23.6 Å². The predicted molar refractivity (Wildman–Crippen MR) is 88.8 cm³/mol. The summed E-state index contributed by atoms with van der Waals surface area (Å²) in [5.74, 6) is -1.07. The average Bonchev–Trinajstić information content (AvgIpc) is 2.47. The molecule has 1 aromatic rings. The largest absolute Gasteiger partial charge is 0.480 e. The number of nitrogens with zero attached hydrogens (tertiary/aromatic N) is 1. The van der Waals surface area contributed by atoms with E-state index in [1.54, 1.807) is 24.3 Å². The number of carboxylic acids is 1. The third-order valence-corrected chi connectivity index (χ3v) is 4.10. The van der Waals surface area contributed by atoms with Gasteiger partial charge in [0, 0.05) is 23.3 Å². The maximum Gasteiger partial charge on any atom is 0.317 e. The number of carbonyl (C=O) groups excluding carboxylic acids is 2. The van der Waals surface area contributed by atoms with E-state index >= 15 is 0 Å². The van der Waals surface area contributed by atoms with E-state index in [2.05, 4.69) is 10.6 Å².